The zero-order chi connectivity index (χ0) is 17.5. The van der Waals surface area contributed by atoms with Gasteiger partial charge in [0.1, 0.15) is 6.10 Å². The molecule has 0 N–H and O–H groups in total. The maximum atomic E-state index is 13.2. The number of aromatic nitrogens is 1. The molecule has 1 aromatic heterocycles. The second-order valence-corrected chi connectivity index (χ2v) is 9.01. The zero-order valence-corrected chi connectivity index (χ0v) is 16.0. The third kappa shape index (κ3) is 3.08. The van der Waals surface area contributed by atoms with Gasteiger partial charge in [-0.15, -0.1) is 0 Å². The van der Waals surface area contributed by atoms with Crippen molar-refractivity contribution in [3.63, 3.8) is 0 Å². The van der Waals surface area contributed by atoms with Crippen LogP contribution in [0.2, 0.25) is 0 Å². The molecule has 3 rings (SSSR count). The van der Waals surface area contributed by atoms with Crippen LogP contribution in [0.1, 0.15) is 28.7 Å². The first-order chi connectivity index (χ1) is 11.3. The van der Waals surface area contributed by atoms with Crippen molar-refractivity contribution < 1.29 is 13.2 Å². The molecule has 1 aromatic carbocycles. The average Bonchev–Trinajstić information content (AvgIpc) is 3.18. The fourth-order valence-corrected chi connectivity index (χ4v) is 5.73. The monoisotopic (exact) mass is 366 g/mol. The van der Waals surface area contributed by atoms with Crippen LogP contribution in [0.4, 0.5) is 0 Å². The Morgan fingerprint density at radius 2 is 1.88 bits per heavy atom. The van der Waals surface area contributed by atoms with Gasteiger partial charge < -0.3 is 4.74 Å². The lowest BCUT2D eigenvalue weighted by molar-refractivity contribution is 0.214. The van der Waals surface area contributed by atoms with Gasteiger partial charge in [-0.1, -0.05) is 17.4 Å². The summed E-state index contributed by atoms with van der Waals surface area (Å²) < 4.78 is 33.7. The molecule has 0 spiro atoms. The minimum atomic E-state index is -3.52. The van der Waals surface area contributed by atoms with E-state index in [1.165, 1.54) is 11.3 Å². The van der Waals surface area contributed by atoms with Gasteiger partial charge in [-0.2, -0.15) is 4.31 Å². The Bertz CT molecular complexity index is 819. The summed E-state index contributed by atoms with van der Waals surface area (Å²) in [4.78, 5) is 4.56. The number of aryl methyl sites for hydroxylation is 2. The second kappa shape index (κ2) is 6.46. The lowest BCUT2D eigenvalue weighted by Crippen LogP contribution is -2.32. The summed E-state index contributed by atoms with van der Waals surface area (Å²) in [6, 6.07) is 2.04. The summed E-state index contributed by atoms with van der Waals surface area (Å²) in [6.07, 6.45) is 2.23. The minimum Gasteiger partial charge on any atom is -0.465 e. The van der Waals surface area contributed by atoms with Crippen LogP contribution in [0.5, 0.6) is 5.19 Å². The van der Waals surface area contributed by atoms with Crippen molar-refractivity contribution in [2.45, 2.75) is 45.1 Å². The molecular weight excluding hydrogens is 344 g/mol. The number of hydrogen-bond donors (Lipinski definition) is 0. The highest BCUT2D eigenvalue weighted by atomic mass is 32.2. The van der Waals surface area contributed by atoms with Crippen LogP contribution in [-0.2, 0) is 10.0 Å². The van der Waals surface area contributed by atoms with Crippen molar-refractivity contribution in [1.82, 2.24) is 9.29 Å². The molecule has 1 aliphatic heterocycles. The Hall–Kier alpha value is -1.44. The minimum absolute atomic E-state index is 0.141. The fraction of sp³-hybridized carbons (Fsp3) is 0.471. The third-order valence-corrected chi connectivity index (χ3v) is 7.48. The number of thiazole rings is 1. The molecule has 24 heavy (non-hydrogen) atoms. The molecule has 1 aliphatic rings. The SMILES string of the molecule is Cc1cc(C)c(C)c(S(=O)(=O)N2CCC(Oc3nccs3)C2)c1C. The van der Waals surface area contributed by atoms with Crippen LogP contribution < -0.4 is 4.74 Å². The normalized spacial score (nSPS) is 18.9. The number of benzene rings is 1. The van der Waals surface area contributed by atoms with Crippen molar-refractivity contribution in [1.29, 1.82) is 0 Å². The fourth-order valence-electron chi connectivity index (χ4n) is 3.12. The standard InChI is InChI=1S/C17H22N2O3S2/c1-11-9-12(2)14(4)16(13(11)3)24(20,21)19-7-5-15(10-19)22-17-18-6-8-23-17/h6,8-9,15H,5,7,10H2,1-4H3. The Labute approximate surface area is 147 Å². The van der Waals surface area contributed by atoms with Gasteiger partial charge in [0.2, 0.25) is 10.0 Å². The molecule has 0 aliphatic carbocycles. The molecule has 5 nitrogen and oxygen atoms in total. The van der Waals surface area contributed by atoms with E-state index in [2.05, 4.69) is 4.98 Å². The number of ether oxygens (including phenoxy) is 1. The van der Waals surface area contributed by atoms with E-state index in [0.717, 1.165) is 22.3 Å². The number of rotatable bonds is 4. The Kier molecular flexibility index (Phi) is 4.68. The molecule has 2 aromatic rings. The molecule has 1 unspecified atom stereocenters. The van der Waals surface area contributed by atoms with Crippen molar-refractivity contribution in [3.05, 3.63) is 39.9 Å². The van der Waals surface area contributed by atoms with Gasteiger partial charge >= 0.3 is 0 Å². The van der Waals surface area contributed by atoms with E-state index in [-0.39, 0.29) is 6.10 Å². The summed E-state index contributed by atoms with van der Waals surface area (Å²) in [5.74, 6) is 0. The van der Waals surface area contributed by atoms with Crippen molar-refractivity contribution in [3.8, 4) is 5.19 Å². The average molecular weight is 367 g/mol. The summed E-state index contributed by atoms with van der Waals surface area (Å²) >= 11 is 1.42. The highest BCUT2D eigenvalue weighted by Crippen LogP contribution is 2.31. The van der Waals surface area contributed by atoms with Gasteiger partial charge in [0.25, 0.3) is 5.19 Å². The van der Waals surface area contributed by atoms with Crippen LogP contribution in [0.15, 0.2) is 22.5 Å². The van der Waals surface area contributed by atoms with Gasteiger partial charge in [-0.25, -0.2) is 13.4 Å². The summed E-state index contributed by atoms with van der Waals surface area (Å²) in [6.45, 7) is 8.53. The molecule has 0 saturated carbocycles. The van der Waals surface area contributed by atoms with Crippen LogP contribution in [-0.4, -0.2) is 36.9 Å². The Morgan fingerprint density at radius 1 is 1.21 bits per heavy atom. The van der Waals surface area contributed by atoms with Crippen LogP contribution in [0, 0.1) is 27.7 Å². The molecule has 1 fully saturated rings. The van der Waals surface area contributed by atoms with Gasteiger partial charge in [0, 0.05) is 18.1 Å². The van der Waals surface area contributed by atoms with E-state index in [1.54, 1.807) is 10.5 Å². The van der Waals surface area contributed by atoms with Crippen LogP contribution in [0.3, 0.4) is 0 Å². The van der Waals surface area contributed by atoms with Crippen molar-refractivity contribution in [2.75, 3.05) is 13.1 Å². The molecule has 1 saturated heterocycles. The number of sulfonamides is 1. The van der Waals surface area contributed by atoms with E-state index in [4.69, 9.17) is 4.74 Å². The summed E-state index contributed by atoms with van der Waals surface area (Å²) in [5.41, 5.74) is 3.68. The molecular formula is C17H22N2O3S2. The number of nitrogens with zero attached hydrogens (tertiary/aromatic N) is 2. The maximum Gasteiger partial charge on any atom is 0.273 e. The second-order valence-electron chi connectivity index (χ2n) is 6.28. The quantitative estimate of drug-likeness (QED) is 0.834. The summed E-state index contributed by atoms with van der Waals surface area (Å²) in [7, 11) is -3.52. The highest BCUT2D eigenvalue weighted by Gasteiger charge is 2.36. The number of hydrogen-bond acceptors (Lipinski definition) is 5. The molecule has 2 heterocycles. The first-order valence-electron chi connectivity index (χ1n) is 7.94. The maximum absolute atomic E-state index is 13.2. The van der Waals surface area contributed by atoms with Gasteiger partial charge in [-0.05, 0) is 56.4 Å². The lowest BCUT2D eigenvalue weighted by Gasteiger charge is -2.21. The molecule has 1 atom stereocenters. The van der Waals surface area contributed by atoms with E-state index < -0.39 is 10.0 Å². The predicted molar refractivity (Wildman–Crippen MR) is 95.3 cm³/mol. The van der Waals surface area contributed by atoms with E-state index in [9.17, 15) is 8.42 Å². The predicted octanol–water partition coefficient (Wildman–Crippen LogP) is 3.22. The Morgan fingerprint density at radius 3 is 2.46 bits per heavy atom. The van der Waals surface area contributed by atoms with E-state index in [0.29, 0.717) is 29.6 Å². The zero-order valence-electron chi connectivity index (χ0n) is 14.4. The van der Waals surface area contributed by atoms with Gasteiger partial charge in [0.05, 0.1) is 11.4 Å². The third-order valence-electron chi connectivity index (χ3n) is 4.68. The first kappa shape index (κ1) is 17.4. The van der Waals surface area contributed by atoms with E-state index in [1.807, 2.05) is 39.1 Å². The topological polar surface area (TPSA) is 59.5 Å². The first-order valence-corrected chi connectivity index (χ1v) is 10.3. The molecule has 0 bridgehead atoms. The van der Waals surface area contributed by atoms with Gasteiger partial charge in [0.15, 0.2) is 0 Å². The Balaban J connectivity index is 1.87. The smallest absolute Gasteiger partial charge is 0.273 e. The molecule has 0 amide bonds. The lowest BCUT2D eigenvalue weighted by atomic mass is 10.0. The van der Waals surface area contributed by atoms with Crippen molar-refractivity contribution >= 4 is 21.4 Å². The highest BCUT2D eigenvalue weighted by molar-refractivity contribution is 7.89. The van der Waals surface area contributed by atoms with Crippen LogP contribution in [0.25, 0.3) is 0 Å². The largest absolute Gasteiger partial charge is 0.465 e. The van der Waals surface area contributed by atoms with Gasteiger partial charge in [-0.3, -0.25) is 0 Å². The molecule has 7 heteroatoms. The molecule has 0 radical (unpaired) electrons. The van der Waals surface area contributed by atoms with E-state index >= 15 is 0 Å². The van der Waals surface area contributed by atoms with Crippen molar-refractivity contribution in [2.24, 2.45) is 0 Å². The van der Waals surface area contributed by atoms with Crippen LogP contribution >= 0.6 is 11.3 Å². The molecule has 130 valence electrons. The summed E-state index contributed by atoms with van der Waals surface area (Å²) in [5, 5.41) is 2.44.